The smallest absolute Gasteiger partial charge is 0.152 e. The van der Waals surface area contributed by atoms with Crippen LogP contribution >= 0.6 is 11.8 Å². The number of sulfone groups is 1. The van der Waals surface area contributed by atoms with E-state index in [0.717, 1.165) is 105 Å². The summed E-state index contributed by atoms with van der Waals surface area (Å²) in [5.74, 6) is 10.1. The van der Waals surface area contributed by atoms with Gasteiger partial charge in [-0.15, -0.1) is 0 Å². The molecule has 0 N–H and O–H groups in total. The molecule has 0 aromatic carbocycles. The highest BCUT2D eigenvalue weighted by molar-refractivity contribution is 7.99. The van der Waals surface area contributed by atoms with Gasteiger partial charge in [0.05, 0.1) is 24.7 Å². The number of hydrogen-bond acceptors (Lipinski definition) is 11. The Kier molecular flexibility index (Phi) is 147. The maximum atomic E-state index is 11.0. The maximum absolute atomic E-state index is 11.0. The molecule has 0 amide bonds. The topological polar surface area (TPSA) is 79.9 Å². The summed E-state index contributed by atoms with van der Waals surface area (Å²) in [7, 11) is -3.21. The summed E-state index contributed by atoms with van der Waals surface area (Å²) in [4.78, 5) is 14.6. The number of likely N-dealkylation sites (tertiary alicyclic amines) is 2. The Bertz CT molecular complexity index is 1220. The predicted octanol–water partition coefficient (Wildman–Crippen LogP) is 24.8. The molecule has 0 atom stereocenters. The molecular formula is C83H204N6O4S3. The number of ether oxygens (including phenoxy) is 1. The highest BCUT2D eigenvalue weighted by atomic mass is 32.2. The SMILES string of the molecule is C.C.C.C.CC.CC.CC.CC.CC.CC.CC(C)C.CC(C)C.CC(C)C.CC(C)C.CC(C)C.CC(C)C.CC(C)N1CCCC1.CC(C)N1CCCCC1.CC(C)N1CCOCC1.CC(C)N1CCS(=O)(=O)CC1.CC(C)N1CCS(=O)CC1.CC(C)N1CCSCC1. The normalized spacial score (nSPS) is 16.4. The van der Waals surface area contributed by atoms with Crippen molar-refractivity contribution in [1.29, 1.82) is 0 Å². The average Bonchev–Trinajstić information content (AvgIpc) is 1.23. The maximum Gasteiger partial charge on any atom is 0.152 e. The molecule has 0 saturated carbocycles. The summed E-state index contributed by atoms with van der Waals surface area (Å²) >= 11 is 2.07. The van der Waals surface area contributed by atoms with Crippen LogP contribution in [0.3, 0.4) is 0 Å². The van der Waals surface area contributed by atoms with Gasteiger partial charge in [0.2, 0.25) is 0 Å². The summed E-state index contributed by atoms with van der Waals surface area (Å²) in [5.41, 5.74) is 0. The zero-order valence-electron chi connectivity index (χ0n) is 72.1. The monoisotopic (exact) mass is 1450 g/mol. The van der Waals surface area contributed by atoms with Crippen molar-refractivity contribution in [2.45, 2.75) is 389 Å². The molecule has 13 heteroatoms. The van der Waals surface area contributed by atoms with E-state index in [1.807, 2.05) is 83.1 Å². The van der Waals surface area contributed by atoms with Gasteiger partial charge in [-0.25, -0.2) is 8.42 Å². The first-order chi connectivity index (χ1) is 42.8. The predicted molar refractivity (Wildman–Crippen MR) is 466 cm³/mol. The molecule has 608 valence electrons. The van der Waals surface area contributed by atoms with Gasteiger partial charge in [-0.1, -0.05) is 244 Å². The lowest BCUT2D eigenvalue weighted by atomic mass is 10.1. The molecule has 0 aliphatic carbocycles. The Balaban J connectivity index is -0.0000000518. The van der Waals surface area contributed by atoms with E-state index in [-0.39, 0.29) is 29.7 Å². The van der Waals surface area contributed by atoms with E-state index in [1.54, 1.807) is 0 Å². The molecule has 0 radical (unpaired) electrons. The van der Waals surface area contributed by atoms with Crippen LogP contribution in [0.4, 0.5) is 0 Å². The van der Waals surface area contributed by atoms with E-state index in [1.165, 1.54) is 82.9 Å². The van der Waals surface area contributed by atoms with E-state index >= 15 is 0 Å². The lowest BCUT2D eigenvalue weighted by Crippen LogP contribution is -2.43. The van der Waals surface area contributed by atoms with Crippen LogP contribution in [-0.2, 0) is 25.4 Å². The van der Waals surface area contributed by atoms with Gasteiger partial charge in [0.25, 0.3) is 0 Å². The molecule has 6 fully saturated rings. The molecule has 0 aromatic heterocycles. The molecule has 6 heterocycles. The summed E-state index contributed by atoms with van der Waals surface area (Å²) < 4.78 is 38.1. The molecule has 0 aromatic rings. The molecule has 0 unspecified atom stereocenters. The van der Waals surface area contributed by atoms with Crippen molar-refractivity contribution in [1.82, 2.24) is 29.4 Å². The van der Waals surface area contributed by atoms with Crippen molar-refractivity contribution in [3.05, 3.63) is 0 Å². The Hall–Kier alpha value is 0.170. The van der Waals surface area contributed by atoms with E-state index in [2.05, 4.69) is 249 Å². The molecule has 6 rings (SSSR count). The second-order valence-corrected chi connectivity index (χ2v) is 33.4. The van der Waals surface area contributed by atoms with E-state index in [9.17, 15) is 12.6 Å². The number of thioether (sulfide) groups is 1. The number of rotatable bonds is 6. The fraction of sp³-hybridized carbons (Fsp3) is 1.00. The minimum Gasteiger partial charge on any atom is -0.379 e. The van der Waals surface area contributed by atoms with Crippen LogP contribution in [0.15, 0.2) is 0 Å². The second kappa shape index (κ2) is 104. The van der Waals surface area contributed by atoms with Crippen LogP contribution in [0.1, 0.15) is 353 Å². The Morgan fingerprint density at radius 1 is 0.281 bits per heavy atom. The first-order valence-corrected chi connectivity index (χ1v) is 43.4. The number of piperidine rings is 1. The Labute approximate surface area is 626 Å². The first-order valence-electron chi connectivity index (χ1n) is 39.0. The molecule has 10 nitrogen and oxygen atoms in total. The van der Waals surface area contributed by atoms with Crippen molar-refractivity contribution in [3.8, 4) is 0 Å². The summed E-state index contributed by atoms with van der Waals surface area (Å²) in [6.07, 6.45) is 7.11. The van der Waals surface area contributed by atoms with Crippen LogP contribution in [0, 0.1) is 35.5 Å². The van der Waals surface area contributed by atoms with Crippen LogP contribution < -0.4 is 0 Å². The van der Waals surface area contributed by atoms with Gasteiger partial charge in [-0.05, 0) is 170 Å². The number of morpholine rings is 1. The largest absolute Gasteiger partial charge is 0.379 e. The molecule has 0 bridgehead atoms. The number of nitrogens with zero attached hydrogens (tertiary/aromatic N) is 6. The van der Waals surface area contributed by atoms with Crippen LogP contribution in [0.5, 0.6) is 0 Å². The number of hydrogen-bond donors (Lipinski definition) is 0. The van der Waals surface area contributed by atoms with Crippen molar-refractivity contribution < 1.29 is 17.4 Å². The van der Waals surface area contributed by atoms with Crippen molar-refractivity contribution >= 4 is 32.4 Å². The highest BCUT2D eigenvalue weighted by Gasteiger charge is 2.23. The molecule has 96 heavy (non-hydrogen) atoms. The molecule has 0 spiro atoms. The van der Waals surface area contributed by atoms with Gasteiger partial charge >= 0.3 is 0 Å². The van der Waals surface area contributed by atoms with E-state index < -0.39 is 20.6 Å². The average molecular weight is 1450 g/mol. The lowest BCUT2D eigenvalue weighted by molar-refractivity contribution is 0.0238. The van der Waals surface area contributed by atoms with Crippen molar-refractivity contribution in [2.24, 2.45) is 35.5 Å². The fourth-order valence-electron chi connectivity index (χ4n) is 7.29. The second-order valence-electron chi connectivity index (χ2n) is 28.2. The quantitative estimate of drug-likeness (QED) is 0.255. The third kappa shape index (κ3) is 137. The van der Waals surface area contributed by atoms with Crippen LogP contribution in [0.2, 0.25) is 0 Å². The summed E-state index contributed by atoms with van der Waals surface area (Å²) in [6.45, 7) is 105. The minimum atomic E-state index is -2.69. The zero-order chi connectivity index (χ0) is 75.6. The van der Waals surface area contributed by atoms with Gasteiger partial charge in [-0.2, -0.15) is 11.8 Å². The molecule has 6 aliphatic heterocycles. The molecular weight excluding hydrogens is 1240 g/mol. The third-order valence-electron chi connectivity index (χ3n) is 11.6. The van der Waals surface area contributed by atoms with Crippen LogP contribution in [0.25, 0.3) is 0 Å². The highest BCUT2D eigenvalue weighted by Crippen LogP contribution is 2.13. The summed E-state index contributed by atoms with van der Waals surface area (Å²) in [6, 6.07) is 4.09. The lowest BCUT2D eigenvalue weighted by Gasteiger charge is -2.29. The van der Waals surface area contributed by atoms with Crippen molar-refractivity contribution in [2.75, 3.05) is 126 Å². The Morgan fingerprint density at radius 3 is 0.646 bits per heavy atom. The molecule has 6 aliphatic rings. The van der Waals surface area contributed by atoms with Gasteiger partial charge in [0, 0.05) is 122 Å². The van der Waals surface area contributed by atoms with Crippen LogP contribution in [-0.4, -0.2) is 205 Å². The Morgan fingerprint density at radius 2 is 0.458 bits per heavy atom. The first kappa shape index (κ1) is 136. The van der Waals surface area contributed by atoms with Gasteiger partial charge in [0.15, 0.2) is 9.84 Å². The fourth-order valence-corrected chi connectivity index (χ4v) is 10.5. The standard InChI is InChI=1S/C8H17N.C7H15NO2S.C7H15NOS.C7H15NO.C7H15NS.C7H15N.6C4H10.6C2H6.4CH4/c1-8(2)9-6-4-3-5-7-9;1-7(2)8-3-5-11(9,10)6-4-8;1-7(2)8-3-5-10(9)6-4-8;2*1-7(2)8-3-5-9-6-4-8;1-7(2)8-5-3-4-6-8;6*1-4(2)3;6*1-2;;;;/h8H,3-7H2,1-2H3;7H,3-6H2,1-2H3;7H,3-6H2,1-2H3;2*7H,3-6H2,1-2H3;7H,3-6H2,1-2H3;6*4H,1-3H3;6*1-2H3;4*1H4. The van der Waals surface area contributed by atoms with Gasteiger partial charge < -0.3 is 14.5 Å². The third-order valence-corrected chi connectivity index (χ3v) is 15.4. The summed E-state index contributed by atoms with van der Waals surface area (Å²) in [5, 5.41) is 0. The van der Waals surface area contributed by atoms with E-state index in [0.29, 0.717) is 42.7 Å². The van der Waals surface area contributed by atoms with Crippen molar-refractivity contribution in [3.63, 3.8) is 0 Å². The van der Waals surface area contributed by atoms with Gasteiger partial charge in [-0.3, -0.25) is 23.8 Å². The van der Waals surface area contributed by atoms with E-state index in [4.69, 9.17) is 4.74 Å². The minimum absolute atomic E-state index is 0. The molecule has 6 saturated heterocycles. The zero-order valence-corrected chi connectivity index (χ0v) is 74.6. The van der Waals surface area contributed by atoms with Gasteiger partial charge in [0.1, 0.15) is 0 Å².